The van der Waals surface area contributed by atoms with E-state index in [-0.39, 0.29) is 6.10 Å². The molecule has 1 aromatic heterocycles. The number of pyridine rings is 1. The Labute approximate surface area is 133 Å². The van der Waals surface area contributed by atoms with Gasteiger partial charge in [0.2, 0.25) is 5.88 Å². The molecule has 0 amide bonds. The zero-order valence-corrected chi connectivity index (χ0v) is 13.9. The van der Waals surface area contributed by atoms with Crippen molar-refractivity contribution in [1.29, 1.82) is 0 Å². The average molecular weight is 304 g/mol. The van der Waals surface area contributed by atoms with E-state index in [1.807, 2.05) is 39.2 Å². The second kappa shape index (κ2) is 8.61. The zero-order valence-electron chi connectivity index (χ0n) is 13.9. The van der Waals surface area contributed by atoms with Crippen LogP contribution in [0, 0.1) is 0 Å². The van der Waals surface area contributed by atoms with Gasteiger partial charge in [0.15, 0.2) is 5.96 Å². The number of nitrogens with one attached hydrogen (secondary N) is 2. The number of aliphatic imine (C=N–C) groups is 1. The van der Waals surface area contributed by atoms with Gasteiger partial charge >= 0.3 is 0 Å². The number of aromatic nitrogens is 1. The molecule has 2 N–H and O–H groups in total. The van der Waals surface area contributed by atoms with Gasteiger partial charge in [0.1, 0.15) is 0 Å². The van der Waals surface area contributed by atoms with Crippen molar-refractivity contribution in [3.63, 3.8) is 0 Å². The summed E-state index contributed by atoms with van der Waals surface area (Å²) < 4.78 is 5.55. The van der Waals surface area contributed by atoms with E-state index in [0.717, 1.165) is 11.5 Å². The van der Waals surface area contributed by atoms with E-state index in [1.54, 1.807) is 0 Å². The molecule has 1 aliphatic carbocycles. The molecule has 0 atom stereocenters. The quantitative estimate of drug-likeness (QED) is 0.649. The fourth-order valence-electron chi connectivity index (χ4n) is 2.65. The van der Waals surface area contributed by atoms with E-state index in [1.165, 1.54) is 32.1 Å². The maximum Gasteiger partial charge on any atom is 0.213 e. The molecule has 1 aliphatic rings. The Balaban J connectivity index is 1.79. The average Bonchev–Trinajstić information content (AvgIpc) is 2.53. The fourth-order valence-corrected chi connectivity index (χ4v) is 2.65. The van der Waals surface area contributed by atoms with Gasteiger partial charge in [-0.25, -0.2) is 4.98 Å². The van der Waals surface area contributed by atoms with Crippen LogP contribution in [-0.4, -0.2) is 30.1 Å². The molecule has 0 spiro atoms. The molecule has 0 aliphatic heterocycles. The van der Waals surface area contributed by atoms with Crippen molar-refractivity contribution < 1.29 is 4.74 Å². The van der Waals surface area contributed by atoms with Gasteiger partial charge in [-0.15, -0.1) is 0 Å². The Hall–Kier alpha value is -1.78. The van der Waals surface area contributed by atoms with Crippen LogP contribution < -0.4 is 15.4 Å². The third-order valence-corrected chi connectivity index (χ3v) is 3.78. The van der Waals surface area contributed by atoms with Crippen LogP contribution in [0.5, 0.6) is 5.88 Å². The maximum absolute atomic E-state index is 5.55. The van der Waals surface area contributed by atoms with Crippen LogP contribution in [0.4, 0.5) is 0 Å². The molecule has 0 radical (unpaired) electrons. The van der Waals surface area contributed by atoms with E-state index in [2.05, 4.69) is 20.6 Å². The Bertz CT molecular complexity index is 464. The molecule has 5 heteroatoms. The Kier molecular flexibility index (Phi) is 6.49. The van der Waals surface area contributed by atoms with E-state index in [0.29, 0.717) is 18.5 Å². The van der Waals surface area contributed by atoms with Crippen LogP contribution in [0.3, 0.4) is 0 Å². The number of guanidine groups is 1. The van der Waals surface area contributed by atoms with E-state index in [9.17, 15) is 0 Å². The summed E-state index contributed by atoms with van der Waals surface area (Å²) in [4.78, 5) is 8.62. The van der Waals surface area contributed by atoms with Gasteiger partial charge in [-0.3, -0.25) is 4.99 Å². The van der Waals surface area contributed by atoms with Crippen molar-refractivity contribution in [2.24, 2.45) is 4.99 Å². The van der Waals surface area contributed by atoms with Crippen LogP contribution in [0.2, 0.25) is 0 Å². The second-order valence-electron chi connectivity index (χ2n) is 6.08. The summed E-state index contributed by atoms with van der Waals surface area (Å²) in [5, 5.41) is 6.86. The first-order valence-electron chi connectivity index (χ1n) is 8.26. The minimum atomic E-state index is 0.148. The van der Waals surface area contributed by atoms with Gasteiger partial charge in [0.25, 0.3) is 0 Å². The lowest BCUT2D eigenvalue weighted by Crippen LogP contribution is -2.43. The van der Waals surface area contributed by atoms with E-state index < -0.39 is 0 Å². The predicted octanol–water partition coefficient (Wildman–Crippen LogP) is 2.87. The SMILES string of the molecule is CN=C(NCc1ccc(OC(C)C)nc1)NC1CCCCC1. The van der Waals surface area contributed by atoms with Crippen molar-refractivity contribution in [2.45, 2.75) is 64.6 Å². The van der Waals surface area contributed by atoms with Gasteiger partial charge < -0.3 is 15.4 Å². The molecule has 1 saturated carbocycles. The molecule has 122 valence electrons. The summed E-state index contributed by atoms with van der Waals surface area (Å²) in [5.74, 6) is 1.54. The van der Waals surface area contributed by atoms with Crippen LogP contribution >= 0.6 is 0 Å². The molecule has 2 rings (SSSR count). The summed E-state index contributed by atoms with van der Waals surface area (Å²) in [6.45, 7) is 4.71. The van der Waals surface area contributed by atoms with Gasteiger partial charge in [-0.05, 0) is 32.3 Å². The molecule has 0 saturated heterocycles. The summed E-state index contributed by atoms with van der Waals surface area (Å²) in [6, 6.07) is 4.50. The molecule has 5 nitrogen and oxygen atoms in total. The van der Waals surface area contributed by atoms with Gasteiger partial charge in [-0.2, -0.15) is 0 Å². The topological polar surface area (TPSA) is 58.5 Å². The molecular weight excluding hydrogens is 276 g/mol. The molecule has 1 aromatic rings. The number of hydrogen-bond acceptors (Lipinski definition) is 3. The Morgan fingerprint density at radius 3 is 2.68 bits per heavy atom. The van der Waals surface area contributed by atoms with Crippen LogP contribution in [0.1, 0.15) is 51.5 Å². The lowest BCUT2D eigenvalue weighted by atomic mass is 9.96. The molecule has 0 bridgehead atoms. The smallest absolute Gasteiger partial charge is 0.213 e. The van der Waals surface area contributed by atoms with Gasteiger partial charge in [-0.1, -0.05) is 25.3 Å². The molecule has 22 heavy (non-hydrogen) atoms. The van der Waals surface area contributed by atoms with E-state index in [4.69, 9.17) is 4.74 Å². The zero-order chi connectivity index (χ0) is 15.8. The summed E-state index contributed by atoms with van der Waals surface area (Å²) in [7, 11) is 1.82. The third kappa shape index (κ3) is 5.54. The van der Waals surface area contributed by atoms with Crippen molar-refractivity contribution >= 4 is 5.96 Å². The Morgan fingerprint density at radius 1 is 1.32 bits per heavy atom. The van der Waals surface area contributed by atoms with E-state index >= 15 is 0 Å². The summed E-state index contributed by atoms with van der Waals surface area (Å²) in [5.41, 5.74) is 1.11. The first kappa shape index (κ1) is 16.6. The van der Waals surface area contributed by atoms with Gasteiger partial charge in [0, 0.05) is 31.9 Å². The minimum absolute atomic E-state index is 0.148. The standard InChI is InChI=1S/C17H28N4O/c1-13(2)22-16-10-9-14(11-19-16)12-20-17(18-3)21-15-7-5-4-6-8-15/h9-11,13,15H,4-8,12H2,1-3H3,(H2,18,20,21). The highest BCUT2D eigenvalue weighted by atomic mass is 16.5. The third-order valence-electron chi connectivity index (χ3n) is 3.78. The van der Waals surface area contributed by atoms with Crippen molar-refractivity contribution in [2.75, 3.05) is 7.05 Å². The van der Waals surface area contributed by atoms with Gasteiger partial charge in [0.05, 0.1) is 6.10 Å². The second-order valence-corrected chi connectivity index (χ2v) is 6.08. The first-order valence-corrected chi connectivity index (χ1v) is 8.26. The van der Waals surface area contributed by atoms with Crippen LogP contribution in [-0.2, 0) is 6.54 Å². The monoisotopic (exact) mass is 304 g/mol. The predicted molar refractivity (Wildman–Crippen MR) is 90.2 cm³/mol. The number of rotatable bonds is 5. The highest BCUT2D eigenvalue weighted by molar-refractivity contribution is 5.79. The lowest BCUT2D eigenvalue weighted by molar-refractivity contribution is 0.232. The highest BCUT2D eigenvalue weighted by Gasteiger charge is 2.14. The van der Waals surface area contributed by atoms with Crippen molar-refractivity contribution in [3.05, 3.63) is 23.9 Å². The minimum Gasteiger partial charge on any atom is -0.475 e. The molecule has 0 unspecified atom stereocenters. The normalized spacial score (nSPS) is 16.6. The van der Waals surface area contributed by atoms with Crippen molar-refractivity contribution in [1.82, 2.24) is 15.6 Å². The fraction of sp³-hybridized carbons (Fsp3) is 0.647. The lowest BCUT2D eigenvalue weighted by Gasteiger charge is -2.24. The molecule has 1 heterocycles. The number of nitrogens with zero attached hydrogens (tertiary/aromatic N) is 2. The highest BCUT2D eigenvalue weighted by Crippen LogP contribution is 2.17. The number of ether oxygens (including phenoxy) is 1. The van der Waals surface area contributed by atoms with Crippen molar-refractivity contribution in [3.8, 4) is 5.88 Å². The maximum atomic E-state index is 5.55. The summed E-state index contributed by atoms with van der Waals surface area (Å²) >= 11 is 0. The van der Waals surface area contributed by atoms with Crippen LogP contribution in [0.15, 0.2) is 23.3 Å². The summed E-state index contributed by atoms with van der Waals surface area (Å²) in [6.07, 6.45) is 8.47. The molecule has 1 fully saturated rings. The first-order chi connectivity index (χ1) is 10.7. The largest absolute Gasteiger partial charge is 0.475 e. The number of hydrogen-bond donors (Lipinski definition) is 2. The Morgan fingerprint density at radius 2 is 2.09 bits per heavy atom. The molecular formula is C17H28N4O. The molecule has 0 aromatic carbocycles. The van der Waals surface area contributed by atoms with Crippen LogP contribution in [0.25, 0.3) is 0 Å².